The van der Waals surface area contributed by atoms with E-state index >= 15 is 0 Å². The maximum absolute atomic E-state index is 13.1. The molecule has 3 aliphatic rings. The van der Waals surface area contributed by atoms with Crippen molar-refractivity contribution in [2.75, 3.05) is 38.2 Å². The molecule has 8 nitrogen and oxygen atoms in total. The van der Waals surface area contributed by atoms with Gasteiger partial charge in [0.15, 0.2) is 0 Å². The number of nitrogens with zero attached hydrogens (tertiary/aromatic N) is 3. The molecule has 3 saturated heterocycles. The fourth-order valence-corrected chi connectivity index (χ4v) is 5.15. The summed E-state index contributed by atoms with van der Waals surface area (Å²) < 4.78 is 5.15. The molecule has 8 heteroatoms. The highest BCUT2D eigenvalue weighted by atomic mass is 16.5. The van der Waals surface area contributed by atoms with Gasteiger partial charge in [-0.25, -0.2) is 4.90 Å². The number of nitrogens with two attached hydrogens (primary N) is 1. The minimum absolute atomic E-state index is 0.165. The lowest BCUT2D eigenvalue weighted by atomic mass is 9.83. The number of ether oxygens (including phenoxy) is 1. The van der Waals surface area contributed by atoms with Crippen LogP contribution in [0.3, 0.4) is 0 Å². The fourth-order valence-electron chi connectivity index (χ4n) is 5.15. The van der Waals surface area contributed by atoms with Crippen molar-refractivity contribution in [2.45, 2.75) is 50.1 Å². The third-order valence-electron chi connectivity index (χ3n) is 6.94. The number of benzene rings is 1. The number of likely N-dealkylation sites (tertiary alicyclic amines) is 2. The van der Waals surface area contributed by atoms with Gasteiger partial charge in [-0.3, -0.25) is 24.2 Å². The topological polar surface area (TPSA) is 96.2 Å². The first-order valence-corrected chi connectivity index (χ1v) is 10.8. The van der Waals surface area contributed by atoms with Crippen LogP contribution in [0, 0.1) is 0 Å². The number of piperidine rings is 2. The van der Waals surface area contributed by atoms with Crippen molar-refractivity contribution < 1.29 is 19.1 Å². The fraction of sp³-hybridized carbons (Fsp3) is 0.591. The second-order valence-corrected chi connectivity index (χ2v) is 8.46. The lowest BCUT2D eigenvalue weighted by Gasteiger charge is -2.48. The Morgan fingerprint density at radius 2 is 1.67 bits per heavy atom. The Morgan fingerprint density at radius 1 is 1.03 bits per heavy atom. The van der Waals surface area contributed by atoms with Gasteiger partial charge in [0.2, 0.25) is 11.8 Å². The summed E-state index contributed by atoms with van der Waals surface area (Å²) in [6.45, 7) is 2.96. The number of carbonyl (C=O) groups is 3. The zero-order chi connectivity index (χ0) is 21.3. The van der Waals surface area contributed by atoms with Crippen LogP contribution >= 0.6 is 0 Å². The van der Waals surface area contributed by atoms with E-state index < -0.39 is 11.6 Å². The Hall–Kier alpha value is -2.45. The van der Waals surface area contributed by atoms with Crippen molar-refractivity contribution in [3.8, 4) is 5.75 Å². The molecular formula is C22H30N4O4. The molecule has 1 atom stereocenters. The number of carbonyl (C=O) groups excluding carboxylic acids is 3. The second kappa shape index (κ2) is 8.35. The smallest absolute Gasteiger partial charge is 0.251 e. The van der Waals surface area contributed by atoms with Crippen molar-refractivity contribution in [2.24, 2.45) is 5.73 Å². The number of amides is 3. The van der Waals surface area contributed by atoms with Gasteiger partial charge >= 0.3 is 0 Å². The lowest BCUT2D eigenvalue weighted by Crippen LogP contribution is -2.64. The van der Waals surface area contributed by atoms with Crippen molar-refractivity contribution in [1.29, 1.82) is 0 Å². The molecule has 3 aliphatic heterocycles. The Bertz CT molecular complexity index is 811. The van der Waals surface area contributed by atoms with Crippen molar-refractivity contribution >= 4 is 23.4 Å². The molecule has 0 aromatic heterocycles. The molecule has 0 saturated carbocycles. The number of imide groups is 1. The lowest BCUT2D eigenvalue weighted by molar-refractivity contribution is -0.136. The van der Waals surface area contributed by atoms with E-state index in [0.29, 0.717) is 37.4 Å². The standard InChI is InChI=1S/C22H30N4O4/c1-30-17-7-5-16(6-8-17)26-19(27)15-18(20(26)28)24-13-9-22(10-14-24,21(23)29)25-11-3-2-4-12-25/h5-8,18H,2-4,9-15H2,1H3,(H2,23,29)/t18-/m0/s1. The summed E-state index contributed by atoms with van der Waals surface area (Å²) in [5.74, 6) is 0.0105. The Morgan fingerprint density at radius 3 is 2.23 bits per heavy atom. The number of methoxy groups -OCH3 is 1. The van der Waals surface area contributed by atoms with E-state index in [4.69, 9.17) is 10.5 Å². The number of anilines is 1. The molecule has 0 unspecified atom stereocenters. The summed E-state index contributed by atoms with van der Waals surface area (Å²) in [5, 5.41) is 0. The predicted molar refractivity (Wildman–Crippen MR) is 112 cm³/mol. The van der Waals surface area contributed by atoms with Gasteiger partial charge < -0.3 is 10.5 Å². The molecule has 3 amide bonds. The molecule has 1 aromatic rings. The van der Waals surface area contributed by atoms with Gasteiger partial charge in [-0.1, -0.05) is 6.42 Å². The third kappa shape index (κ3) is 3.58. The summed E-state index contributed by atoms with van der Waals surface area (Å²) in [7, 11) is 1.57. The number of hydrogen-bond donors (Lipinski definition) is 1. The third-order valence-corrected chi connectivity index (χ3v) is 6.94. The highest BCUT2D eigenvalue weighted by Crippen LogP contribution is 2.34. The van der Waals surface area contributed by atoms with Crippen molar-refractivity contribution in [1.82, 2.24) is 9.80 Å². The van der Waals surface area contributed by atoms with Crippen LogP contribution in [0.4, 0.5) is 5.69 Å². The highest BCUT2D eigenvalue weighted by Gasteiger charge is 2.49. The Labute approximate surface area is 176 Å². The van der Waals surface area contributed by atoms with E-state index in [1.807, 2.05) is 0 Å². The molecule has 3 heterocycles. The van der Waals surface area contributed by atoms with E-state index in [1.165, 1.54) is 11.3 Å². The second-order valence-electron chi connectivity index (χ2n) is 8.46. The zero-order valence-corrected chi connectivity index (χ0v) is 17.5. The zero-order valence-electron chi connectivity index (χ0n) is 17.5. The van der Waals surface area contributed by atoms with Gasteiger partial charge in [-0.2, -0.15) is 0 Å². The van der Waals surface area contributed by atoms with Crippen LogP contribution in [0.2, 0.25) is 0 Å². The molecule has 0 aliphatic carbocycles. The first-order chi connectivity index (χ1) is 14.5. The minimum atomic E-state index is -0.627. The van der Waals surface area contributed by atoms with Gasteiger partial charge in [0.05, 0.1) is 25.3 Å². The maximum atomic E-state index is 13.1. The van der Waals surface area contributed by atoms with Crippen molar-refractivity contribution in [3.63, 3.8) is 0 Å². The van der Waals surface area contributed by atoms with Crippen LogP contribution < -0.4 is 15.4 Å². The molecule has 0 bridgehead atoms. The average Bonchev–Trinajstić information content (AvgIpc) is 3.08. The van der Waals surface area contributed by atoms with E-state index in [-0.39, 0.29) is 24.1 Å². The van der Waals surface area contributed by atoms with E-state index in [1.54, 1.807) is 31.4 Å². The molecular weight excluding hydrogens is 384 g/mol. The minimum Gasteiger partial charge on any atom is -0.497 e. The summed E-state index contributed by atoms with van der Waals surface area (Å²) in [6, 6.07) is 6.45. The monoisotopic (exact) mass is 414 g/mol. The van der Waals surface area contributed by atoms with Gasteiger partial charge in [0.1, 0.15) is 11.3 Å². The number of primary amides is 1. The molecule has 3 fully saturated rings. The summed E-state index contributed by atoms with van der Waals surface area (Å²) >= 11 is 0. The van der Waals surface area contributed by atoms with E-state index in [2.05, 4.69) is 9.80 Å². The highest BCUT2D eigenvalue weighted by molar-refractivity contribution is 6.22. The SMILES string of the molecule is COc1ccc(N2C(=O)C[C@H](N3CCC(C(N)=O)(N4CCCCC4)CC3)C2=O)cc1. The van der Waals surface area contributed by atoms with Crippen LogP contribution in [0.5, 0.6) is 5.75 Å². The molecule has 0 spiro atoms. The quantitative estimate of drug-likeness (QED) is 0.726. The summed E-state index contributed by atoms with van der Waals surface area (Å²) in [4.78, 5) is 43.7. The first kappa shape index (κ1) is 20.8. The maximum Gasteiger partial charge on any atom is 0.251 e. The van der Waals surface area contributed by atoms with Crippen LogP contribution in [-0.4, -0.2) is 72.4 Å². The van der Waals surface area contributed by atoms with Gasteiger partial charge in [-0.15, -0.1) is 0 Å². The van der Waals surface area contributed by atoms with Crippen molar-refractivity contribution in [3.05, 3.63) is 24.3 Å². The molecule has 1 aromatic carbocycles. The van der Waals surface area contributed by atoms with Crippen LogP contribution in [0.1, 0.15) is 38.5 Å². The van der Waals surface area contributed by atoms with Gasteiger partial charge in [0, 0.05) is 13.1 Å². The molecule has 4 rings (SSSR count). The molecule has 0 radical (unpaired) electrons. The van der Waals surface area contributed by atoms with Gasteiger partial charge in [-0.05, 0) is 63.0 Å². The Balaban J connectivity index is 1.46. The average molecular weight is 415 g/mol. The molecule has 30 heavy (non-hydrogen) atoms. The molecule has 162 valence electrons. The summed E-state index contributed by atoms with van der Waals surface area (Å²) in [5.41, 5.74) is 5.80. The molecule has 2 N–H and O–H groups in total. The van der Waals surface area contributed by atoms with Crippen LogP contribution in [0.15, 0.2) is 24.3 Å². The normalized spacial score (nSPS) is 25.5. The number of hydrogen-bond acceptors (Lipinski definition) is 6. The van der Waals surface area contributed by atoms with Gasteiger partial charge in [0.25, 0.3) is 5.91 Å². The number of rotatable bonds is 5. The summed E-state index contributed by atoms with van der Waals surface area (Å²) in [6.07, 6.45) is 4.73. The van der Waals surface area contributed by atoms with E-state index in [9.17, 15) is 14.4 Å². The first-order valence-electron chi connectivity index (χ1n) is 10.8. The van der Waals surface area contributed by atoms with Crippen LogP contribution in [0.25, 0.3) is 0 Å². The predicted octanol–water partition coefficient (Wildman–Crippen LogP) is 1.13. The van der Waals surface area contributed by atoms with E-state index in [0.717, 1.165) is 25.9 Å². The Kier molecular flexibility index (Phi) is 5.79. The largest absolute Gasteiger partial charge is 0.497 e. The van der Waals surface area contributed by atoms with Crippen LogP contribution in [-0.2, 0) is 14.4 Å².